The summed E-state index contributed by atoms with van der Waals surface area (Å²) in [5.74, 6) is 0.197. The van der Waals surface area contributed by atoms with Gasteiger partial charge < -0.3 is 10.5 Å². The summed E-state index contributed by atoms with van der Waals surface area (Å²) in [5, 5.41) is 8.16. The van der Waals surface area contributed by atoms with Crippen LogP contribution in [0.25, 0.3) is 0 Å². The average Bonchev–Trinajstić information content (AvgIpc) is 3.06. The van der Waals surface area contributed by atoms with Gasteiger partial charge in [-0.3, -0.25) is 9.59 Å². The fraction of sp³-hybridized carbons (Fsp3) is 0.750. The minimum absolute atomic E-state index is 0.0478. The summed E-state index contributed by atoms with van der Waals surface area (Å²) in [6.45, 7) is 6.07. The van der Waals surface area contributed by atoms with E-state index in [1.165, 1.54) is 0 Å². The Morgan fingerprint density at radius 2 is 2.00 bits per heavy atom. The van der Waals surface area contributed by atoms with Crippen LogP contribution in [0, 0.1) is 10.8 Å². The number of aryl methyl sites for hydroxylation is 1. The van der Waals surface area contributed by atoms with Crippen LogP contribution in [0.4, 0.5) is 0 Å². The summed E-state index contributed by atoms with van der Waals surface area (Å²) < 4.78 is 1.86. The largest absolute Gasteiger partial charge is 0.324 e. The molecule has 0 aromatic carbocycles. The second-order valence-corrected chi connectivity index (χ2v) is 8.46. The third-order valence-electron chi connectivity index (χ3n) is 6.08. The molecule has 2 heterocycles. The molecular weight excluding hydrogens is 344 g/mol. The van der Waals surface area contributed by atoms with Gasteiger partial charge in [-0.2, -0.15) is 0 Å². The molecule has 150 valence electrons. The highest BCUT2D eigenvalue weighted by molar-refractivity contribution is 5.89. The van der Waals surface area contributed by atoms with E-state index in [9.17, 15) is 14.4 Å². The summed E-state index contributed by atoms with van der Waals surface area (Å²) in [4.78, 5) is 37.1. The van der Waals surface area contributed by atoms with Crippen molar-refractivity contribution in [2.75, 3.05) is 6.54 Å². The van der Waals surface area contributed by atoms with Crippen molar-refractivity contribution in [1.82, 2.24) is 15.0 Å². The van der Waals surface area contributed by atoms with Gasteiger partial charge in [0.2, 0.25) is 0 Å². The molecule has 7 heteroatoms. The van der Waals surface area contributed by atoms with Crippen LogP contribution in [-0.2, 0) is 27.3 Å². The molecule has 1 aromatic heterocycles. The maximum atomic E-state index is 13.1. The Morgan fingerprint density at radius 3 is 2.67 bits per heavy atom. The van der Waals surface area contributed by atoms with Gasteiger partial charge in [0.25, 0.3) is 0 Å². The van der Waals surface area contributed by atoms with Crippen LogP contribution in [-0.4, -0.2) is 38.9 Å². The van der Waals surface area contributed by atoms with Crippen molar-refractivity contribution in [2.45, 2.75) is 78.7 Å². The SMILES string of the molecule is CC(=O)CC[C@@]1(C)CCCCn2nncc2C[C@@](C)(C(=O)CN)CCC1=O. The van der Waals surface area contributed by atoms with Crippen molar-refractivity contribution in [2.24, 2.45) is 16.6 Å². The summed E-state index contributed by atoms with van der Waals surface area (Å²) in [7, 11) is 0. The molecule has 0 radical (unpaired) electrons. The Labute approximate surface area is 161 Å². The number of hydrogen-bond acceptors (Lipinski definition) is 6. The van der Waals surface area contributed by atoms with Gasteiger partial charge in [-0.25, -0.2) is 4.68 Å². The molecular formula is C20H32N4O3. The van der Waals surface area contributed by atoms with Crippen molar-refractivity contribution in [1.29, 1.82) is 0 Å². The van der Waals surface area contributed by atoms with Crippen molar-refractivity contribution >= 4 is 17.3 Å². The van der Waals surface area contributed by atoms with Crippen LogP contribution >= 0.6 is 0 Å². The second kappa shape index (κ2) is 8.87. The van der Waals surface area contributed by atoms with Gasteiger partial charge in [-0.15, -0.1) is 5.10 Å². The highest BCUT2D eigenvalue weighted by Gasteiger charge is 2.38. The van der Waals surface area contributed by atoms with Crippen molar-refractivity contribution in [3.63, 3.8) is 0 Å². The zero-order valence-corrected chi connectivity index (χ0v) is 16.8. The predicted octanol–water partition coefficient (Wildman–Crippen LogP) is 2.26. The van der Waals surface area contributed by atoms with Crippen molar-refractivity contribution < 1.29 is 14.4 Å². The van der Waals surface area contributed by atoms with Crippen LogP contribution in [0.5, 0.6) is 0 Å². The molecule has 0 fully saturated rings. The quantitative estimate of drug-likeness (QED) is 0.844. The number of carbonyl (C=O) groups excluding carboxylic acids is 3. The van der Waals surface area contributed by atoms with Gasteiger partial charge >= 0.3 is 0 Å². The number of fused-ring (bicyclic) bond motifs is 1. The molecule has 2 atom stereocenters. The van der Waals surface area contributed by atoms with E-state index < -0.39 is 10.8 Å². The van der Waals surface area contributed by atoms with Gasteiger partial charge in [0, 0.05) is 36.6 Å². The molecule has 7 nitrogen and oxygen atoms in total. The van der Waals surface area contributed by atoms with Gasteiger partial charge in [-0.05, 0) is 32.6 Å². The molecule has 0 amide bonds. The maximum absolute atomic E-state index is 13.1. The Morgan fingerprint density at radius 1 is 1.26 bits per heavy atom. The van der Waals surface area contributed by atoms with Gasteiger partial charge in [0.1, 0.15) is 11.6 Å². The van der Waals surface area contributed by atoms with E-state index in [2.05, 4.69) is 10.3 Å². The first-order chi connectivity index (χ1) is 12.7. The molecule has 0 bridgehead atoms. The molecule has 1 aromatic rings. The molecule has 1 aliphatic heterocycles. The smallest absolute Gasteiger partial charge is 0.152 e. The van der Waals surface area contributed by atoms with Crippen LogP contribution in [0.1, 0.15) is 71.4 Å². The first-order valence-electron chi connectivity index (χ1n) is 9.84. The van der Waals surface area contributed by atoms with E-state index in [0.29, 0.717) is 38.6 Å². The normalized spacial score (nSPS) is 27.3. The fourth-order valence-corrected chi connectivity index (χ4v) is 3.90. The van der Waals surface area contributed by atoms with Crippen molar-refractivity contribution in [3.8, 4) is 0 Å². The lowest BCUT2D eigenvalue weighted by atomic mass is 9.71. The lowest BCUT2D eigenvalue weighted by Gasteiger charge is -2.32. The third-order valence-corrected chi connectivity index (χ3v) is 6.08. The number of carbonyl (C=O) groups is 3. The van der Waals surface area contributed by atoms with E-state index in [1.807, 2.05) is 18.5 Å². The molecule has 2 rings (SSSR count). The summed E-state index contributed by atoms with van der Waals surface area (Å²) in [6, 6.07) is 0. The van der Waals surface area contributed by atoms with E-state index in [0.717, 1.165) is 25.0 Å². The van der Waals surface area contributed by atoms with E-state index in [-0.39, 0.29) is 23.9 Å². The van der Waals surface area contributed by atoms with Crippen LogP contribution in [0.2, 0.25) is 0 Å². The Hall–Kier alpha value is -1.89. The number of aromatic nitrogens is 3. The molecule has 2 N–H and O–H groups in total. The molecule has 0 spiro atoms. The van der Waals surface area contributed by atoms with Gasteiger partial charge in [0.15, 0.2) is 5.78 Å². The lowest BCUT2D eigenvalue weighted by molar-refractivity contribution is -0.131. The topological polar surface area (TPSA) is 108 Å². The fourth-order valence-electron chi connectivity index (χ4n) is 3.90. The molecule has 1 aliphatic rings. The maximum Gasteiger partial charge on any atom is 0.152 e. The minimum atomic E-state index is -0.718. The monoisotopic (exact) mass is 376 g/mol. The number of Topliss-reactive ketones (excluding diaryl/α,β-unsaturated/α-hetero) is 3. The van der Waals surface area contributed by atoms with Gasteiger partial charge in [-0.1, -0.05) is 25.5 Å². The first-order valence-corrected chi connectivity index (χ1v) is 9.84. The zero-order valence-electron chi connectivity index (χ0n) is 16.8. The Kier molecular flexibility index (Phi) is 7.03. The number of hydrogen-bond donors (Lipinski definition) is 1. The predicted molar refractivity (Wildman–Crippen MR) is 102 cm³/mol. The Balaban J connectivity index is 2.29. The number of nitrogens with zero attached hydrogens (tertiary/aromatic N) is 3. The standard InChI is InChI=1S/C20H32N4O3/c1-15(25)6-9-19(2)8-4-5-11-24-16(14-22-23-24)12-20(3,18(27)13-21)10-7-17(19)26/h14H,4-13,21H2,1-3H3/t19-,20+/m1/s1. The Bertz CT molecular complexity index is 699. The van der Waals surface area contributed by atoms with Crippen LogP contribution in [0.15, 0.2) is 6.20 Å². The summed E-state index contributed by atoms with van der Waals surface area (Å²) >= 11 is 0. The van der Waals surface area contributed by atoms with E-state index in [1.54, 1.807) is 13.1 Å². The molecule has 27 heavy (non-hydrogen) atoms. The molecule has 0 saturated heterocycles. The summed E-state index contributed by atoms with van der Waals surface area (Å²) in [5.41, 5.74) is 5.32. The first kappa shape index (κ1) is 21.4. The second-order valence-electron chi connectivity index (χ2n) is 8.46. The van der Waals surface area contributed by atoms with Crippen molar-refractivity contribution in [3.05, 3.63) is 11.9 Å². The third kappa shape index (κ3) is 5.31. The molecule has 0 unspecified atom stereocenters. The summed E-state index contributed by atoms with van der Waals surface area (Å²) in [6.07, 6.45) is 6.43. The molecule has 0 saturated carbocycles. The number of ketones is 3. The minimum Gasteiger partial charge on any atom is -0.324 e. The highest BCUT2D eigenvalue weighted by atomic mass is 16.1. The van der Waals surface area contributed by atoms with Crippen LogP contribution < -0.4 is 5.73 Å². The highest BCUT2D eigenvalue weighted by Crippen LogP contribution is 2.37. The van der Waals surface area contributed by atoms with E-state index in [4.69, 9.17) is 5.73 Å². The lowest BCUT2D eigenvalue weighted by Crippen LogP contribution is -2.38. The number of nitrogens with two attached hydrogens (primary N) is 1. The van der Waals surface area contributed by atoms with Crippen LogP contribution in [0.3, 0.4) is 0 Å². The number of rotatable bonds is 5. The van der Waals surface area contributed by atoms with Gasteiger partial charge in [0.05, 0.1) is 18.4 Å². The van der Waals surface area contributed by atoms with E-state index >= 15 is 0 Å². The average molecular weight is 377 g/mol. The zero-order chi connectivity index (χ0) is 20.1. The molecule has 0 aliphatic carbocycles.